The van der Waals surface area contributed by atoms with Gasteiger partial charge in [0.1, 0.15) is 11.9 Å². The minimum absolute atomic E-state index is 0.101. The fourth-order valence-electron chi connectivity index (χ4n) is 2.40. The van der Waals surface area contributed by atoms with Crippen molar-refractivity contribution < 1.29 is 4.74 Å². The second-order valence-corrected chi connectivity index (χ2v) is 5.39. The van der Waals surface area contributed by atoms with Gasteiger partial charge in [0.05, 0.1) is 0 Å². The molecule has 2 N–H and O–H groups in total. The summed E-state index contributed by atoms with van der Waals surface area (Å²) in [6.07, 6.45) is -0.101. The van der Waals surface area contributed by atoms with E-state index in [4.69, 9.17) is 10.5 Å². The van der Waals surface area contributed by atoms with Crippen molar-refractivity contribution in [1.29, 1.82) is 0 Å². The Morgan fingerprint density at radius 2 is 1.55 bits per heavy atom. The Morgan fingerprint density at radius 1 is 0.950 bits per heavy atom. The number of aryl methyl sites for hydroxylation is 1. The molecule has 2 nitrogen and oxygen atoms in total. The van der Waals surface area contributed by atoms with E-state index in [9.17, 15) is 0 Å². The number of hydrogen-bond acceptors (Lipinski definition) is 2. The van der Waals surface area contributed by atoms with Crippen LogP contribution in [0.4, 0.5) is 0 Å². The molecule has 2 rings (SSSR count). The van der Waals surface area contributed by atoms with Gasteiger partial charge >= 0.3 is 0 Å². The zero-order valence-corrected chi connectivity index (χ0v) is 12.5. The zero-order chi connectivity index (χ0) is 14.5. The Bertz CT molecular complexity index is 563. The van der Waals surface area contributed by atoms with E-state index in [1.54, 1.807) is 0 Å². The molecule has 2 aromatic carbocycles. The van der Waals surface area contributed by atoms with Gasteiger partial charge < -0.3 is 10.5 Å². The van der Waals surface area contributed by atoms with Gasteiger partial charge in [-0.05, 0) is 35.6 Å². The molecule has 0 saturated heterocycles. The Morgan fingerprint density at radius 3 is 2.15 bits per heavy atom. The summed E-state index contributed by atoms with van der Waals surface area (Å²) in [5.41, 5.74) is 9.52. The first kappa shape index (κ1) is 14.6. The number of para-hydroxylation sites is 1. The molecule has 2 heteroatoms. The van der Waals surface area contributed by atoms with Crippen LogP contribution in [0.3, 0.4) is 0 Å². The molecule has 0 aliphatic rings. The Hall–Kier alpha value is -1.80. The van der Waals surface area contributed by atoms with Crippen molar-refractivity contribution in [3.05, 3.63) is 65.2 Å². The van der Waals surface area contributed by atoms with Gasteiger partial charge in [0, 0.05) is 6.54 Å². The SMILES string of the molecule is Cc1ccccc1C(CN)Oc1ccccc1C(C)C. The molecule has 106 valence electrons. The highest BCUT2D eigenvalue weighted by molar-refractivity contribution is 5.37. The maximum Gasteiger partial charge on any atom is 0.136 e. The van der Waals surface area contributed by atoms with Gasteiger partial charge in [-0.25, -0.2) is 0 Å². The van der Waals surface area contributed by atoms with E-state index in [0.717, 1.165) is 11.3 Å². The molecule has 0 aliphatic heterocycles. The molecule has 0 bridgehead atoms. The monoisotopic (exact) mass is 269 g/mol. The maximum atomic E-state index is 6.20. The van der Waals surface area contributed by atoms with Crippen molar-refractivity contribution in [2.45, 2.75) is 32.8 Å². The first-order valence-corrected chi connectivity index (χ1v) is 7.14. The predicted octanol–water partition coefficient (Wildman–Crippen LogP) is 4.20. The van der Waals surface area contributed by atoms with Crippen LogP contribution in [0.1, 0.15) is 42.6 Å². The van der Waals surface area contributed by atoms with Gasteiger partial charge in [-0.3, -0.25) is 0 Å². The summed E-state index contributed by atoms with van der Waals surface area (Å²) < 4.78 is 6.20. The smallest absolute Gasteiger partial charge is 0.136 e. The Labute approximate surface area is 121 Å². The molecule has 0 amide bonds. The fraction of sp³-hybridized carbons (Fsp3) is 0.333. The second-order valence-electron chi connectivity index (χ2n) is 5.39. The highest BCUT2D eigenvalue weighted by atomic mass is 16.5. The number of hydrogen-bond donors (Lipinski definition) is 1. The van der Waals surface area contributed by atoms with Crippen LogP contribution >= 0.6 is 0 Å². The third-order valence-corrected chi connectivity index (χ3v) is 3.56. The van der Waals surface area contributed by atoms with Crippen LogP contribution in [0, 0.1) is 6.92 Å². The van der Waals surface area contributed by atoms with Crippen molar-refractivity contribution in [3.8, 4) is 5.75 Å². The van der Waals surface area contributed by atoms with Crippen molar-refractivity contribution in [2.75, 3.05) is 6.54 Å². The molecular weight excluding hydrogens is 246 g/mol. The number of nitrogens with two attached hydrogens (primary N) is 1. The van der Waals surface area contributed by atoms with E-state index in [1.165, 1.54) is 11.1 Å². The molecule has 1 atom stereocenters. The summed E-state index contributed by atoms with van der Waals surface area (Å²) in [7, 11) is 0. The van der Waals surface area contributed by atoms with Crippen LogP contribution in [-0.4, -0.2) is 6.54 Å². The molecule has 0 fully saturated rings. The maximum absolute atomic E-state index is 6.20. The quantitative estimate of drug-likeness (QED) is 0.883. The topological polar surface area (TPSA) is 35.2 Å². The average molecular weight is 269 g/mol. The molecule has 1 unspecified atom stereocenters. The lowest BCUT2D eigenvalue weighted by atomic mass is 10.0. The molecular formula is C18H23NO. The Kier molecular flexibility index (Phi) is 4.80. The molecule has 2 aromatic rings. The minimum atomic E-state index is -0.101. The van der Waals surface area contributed by atoms with E-state index in [0.29, 0.717) is 12.5 Å². The zero-order valence-electron chi connectivity index (χ0n) is 12.5. The summed E-state index contributed by atoms with van der Waals surface area (Å²) in [5.74, 6) is 1.36. The average Bonchev–Trinajstić information content (AvgIpc) is 2.46. The van der Waals surface area contributed by atoms with Crippen LogP contribution in [-0.2, 0) is 0 Å². The largest absolute Gasteiger partial charge is 0.484 e. The molecule has 0 heterocycles. The first-order valence-electron chi connectivity index (χ1n) is 7.14. The summed E-state index contributed by atoms with van der Waals surface area (Å²) >= 11 is 0. The van der Waals surface area contributed by atoms with Gasteiger partial charge in [-0.1, -0.05) is 56.3 Å². The molecule has 0 spiro atoms. The molecule has 20 heavy (non-hydrogen) atoms. The van der Waals surface area contributed by atoms with E-state index in [-0.39, 0.29) is 6.10 Å². The van der Waals surface area contributed by atoms with Crippen LogP contribution < -0.4 is 10.5 Å². The van der Waals surface area contributed by atoms with Gasteiger partial charge in [0.2, 0.25) is 0 Å². The van der Waals surface area contributed by atoms with Gasteiger partial charge in [0.25, 0.3) is 0 Å². The van der Waals surface area contributed by atoms with Crippen molar-refractivity contribution in [1.82, 2.24) is 0 Å². The molecule has 0 radical (unpaired) electrons. The van der Waals surface area contributed by atoms with E-state index in [2.05, 4.69) is 39.0 Å². The normalized spacial score (nSPS) is 12.4. The molecule has 0 saturated carbocycles. The fourth-order valence-corrected chi connectivity index (χ4v) is 2.40. The molecule has 0 aliphatic carbocycles. The summed E-state index contributed by atoms with van der Waals surface area (Å²) in [6.45, 7) is 6.91. The lowest BCUT2D eigenvalue weighted by Crippen LogP contribution is -2.20. The first-order chi connectivity index (χ1) is 9.63. The lowest BCUT2D eigenvalue weighted by Gasteiger charge is -2.22. The van der Waals surface area contributed by atoms with E-state index >= 15 is 0 Å². The predicted molar refractivity (Wildman–Crippen MR) is 84.1 cm³/mol. The van der Waals surface area contributed by atoms with E-state index in [1.807, 2.05) is 30.3 Å². The van der Waals surface area contributed by atoms with Gasteiger partial charge in [-0.15, -0.1) is 0 Å². The summed E-state index contributed by atoms with van der Waals surface area (Å²) in [5, 5.41) is 0. The minimum Gasteiger partial charge on any atom is -0.484 e. The molecule has 0 aromatic heterocycles. The van der Waals surface area contributed by atoms with Crippen LogP contribution in [0.2, 0.25) is 0 Å². The van der Waals surface area contributed by atoms with Crippen molar-refractivity contribution in [3.63, 3.8) is 0 Å². The number of ether oxygens (including phenoxy) is 1. The second kappa shape index (κ2) is 6.58. The standard InChI is InChI=1S/C18H23NO/c1-13(2)15-9-6-7-11-17(15)20-18(12-19)16-10-5-4-8-14(16)3/h4-11,13,18H,12,19H2,1-3H3. The number of rotatable bonds is 5. The van der Waals surface area contributed by atoms with Crippen LogP contribution in [0.15, 0.2) is 48.5 Å². The number of benzene rings is 2. The van der Waals surface area contributed by atoms with Gasteiger partial charge in [0.15, 0.2) is 0 Å². The third-order valence-electron chi connectivity index (χ3n) is 3.56. The summed E-state index contributed by atoms with van der Waals surface area (Å²) in [6, 6.07) is 16.4. The van der Waals surface area contributed by atoms with Crippen molar-refractivity contribution >= 4 is 0 Å². The third kappa shape index (κ3) is 3.20. The van der Waals surface area contributed by atoms with Crippen LogP contribution in [0.25, 0.3) is 0 Å². The lowest BCUT2D eigenvalue weighted by molar-refractivity contribution is 0.210. The highest BCUT2D eigenvalue weighted by Crippen LogP contribution is 2.30. The Balaban J connectivity index is 2.30. The summed E-state index contributed by atoms with van der Waals surface area (Å²) in [4.78, 5) is 0. The van der Waals surface area contributed by atoms with E-state index < -0.39 is 0 Å². The van der Waals surface area contributed by atoms with Crippen LogP contribution in [0.5, 0.6) is 5.75 Å². The van der Waals surface area contributed by atoms with Gasteiger partial charge in [-0.2, -0.15) is 0 Å². The highest BCUT2D eigenvalue weighted by Gasteiger charge is 2.16. The van der Waals surface area contributed by atoms with Crippen molar-refractivity contribution in [2.24, 2.45) is 5.73 Å².